The van der Waals surface area contributed by atoms with E-state index in [2.05, 4.69) is 16.7 Å². The van der Waals surface area contributed by atoms with Crippen molar-refractivity contribution in [2.45, 2.75) is 19.4 Å². The van der Waals surface area contributed by atoms with E-state index in [4.69, 9.17) is 16.3 Å². The number of aromatic nitrogens is 1. The third-order valence-corrected chi connectivity index (χ3v) is 4.61. The predicted octanol–water partition coefficient (Wildman–Crippen LogP) is 2.92. The minimum Gasteiger partial charge on any atom is -0.474 e. The van der Waals surface area contributed by atoms with Crippen LogP contribution in [0.4, 0.5) is 4.39 Å². The lowest BCUT2D eigenvalue weighted by atomic mass is 10.0. The van der Waals surface area contributed by atoms with Crippen LogP contribution in [0, 0.1) is 5.92 Å². The van der Waals surface area contributed by atoms with Crippen molar-refractivity contribution in [1.29, 1.82) is 0 Å². The molecule has 1 fully saturated rings. The van der Waals surface area contributed by atoms with E-state index >= 15 is 0 Å². The van der Waals surface area contributed by atoms with Crippen LogP contribution in [-0.4, -0.2) is 48.1 Å². The van der Waals surface area contributed by atoms with Gasteiger partial charge in [-0.1, -0.05) is 11.6 Å². The first kappa shape index (κ1) is 19.2. The molecule has 0 spiro atoms. The summed E-state index contributed by atoms with van der Waals surface area (Å²) in [7, 11) is 0. The van der Waals surface area contributed by atoms with Gasteiger partial charge >= 0.3 is 0 Å². The molecule has 0 atom stereocenters. The molecule has 2 aliphatic rings. The minimum absolute atomic E-state index is 0.0240. The molecule has 0 aromatic carbocycles. The van der Waals surface area contributed by atoms with Crippen LogP contribution in [0.5, 0.6) is 5.88 Å². The first-order valence-corrected chi connectivity index (χ1v) is 8.95. The Bertz CT molecular complexity index is 833. The van der Waals surface area contributed by atoms with Crippen molar-refractivity contribution < 1.29 is 18.7 Å². The standard InChI is InChI=1S/C19H19ClFN3O3/c1-22-6-4-14-15(17(25)13-2-3-13)11-24(19(14)26)10-12-8-16(20)18(23-9-12)27-7-5-21/h4,6,8-9,13H,1-3,5,7,10-11H2/b6-4-. The maximum atomic E-state index is 12.7. The Hall–Kier alpha value is -2.54. The van der Waals surface area contributed by atoms with Crippen LogP contribution in [0.2, 0.25) is 5.02 Å². The fraction of sp³-hybridized carbons (Fsp3) is 0.368. The summed E-state index contributed by atoms with van der Waals surface area (Å²) in [6, 6.07) is 1.62. The van der Waals surface area contributed by atoms with Gasteiger partial charge in [0, 0.05) is 36.0 Å². The van der Waals surface area contributed by atoms with Gasteiger partial charge < -0.3 is 9.64 Å². The molecule has 0 saturated heterocycles. The van der Waals surface area contributed by atoms with Gasteiger partial charge in [0.25, 0.3) is 5.91 Å². The first-order valence-electron chi connectivity index (χ1n) is 8.57. The number of pyridine rings is 1. The van der Waals surface area contributed by atoms with Gasteiger partial charge in [-0.15, -0.1) is 0 Å². The summed E-state index contributed by atoms with van der Waals surface area (Å²) in [6.07, 6.45) is 6.20. The predicted molar refractivity (Wildman–Crippen MR) is 99.6 cm³/mol. The summed E-state index contributed by atoms with van der Waals surface area (Å²) in [5.41, 5.74) is 1.57. The number of carbonyl (C=O) groups excluding carboxylic acids is 2. The van der Waals surface area contributed by atoms with Crippen molar-refractivity contribution in [2.24, 2.45) is 10.9 Å². The van der Waals surface area contributed by atoms with Crippen LogP contribution < -0.4 is 4.74 Å². The minimum atomic E-state index is -0.638. The van der Waals surface area contributed by atoms with E-state index < -0.39 is 6.67 Å². The second-order valence-electron chi connectivity index (χ2n) is 6.36. The highest BCUT2D eigenvalue weighted by molar-refractivity contribution is 6.31. The normalized spacial score (nSPS) is 17.1. The highest BCUT2D eigenvalue weighted by Crippen LogP contribution is 2.36. The Morgan fingerprint density at radius 2 is 2.30 bits per heavy atom. The highest BCUT2D eigenvalue weighted by Gasteiger charge is 2.39. The number of amides is 1. The second kappa shape index (κ2) is 8.43. The monoisotopic (exact) mass is 391 g/mol. The quantitative estimate of drug-likeness (QED) is 0.607. The number of carbonyl (C=O) groups is 2. The van der Waals surface area contributed by atoms with E-state index in [1.54, 1.807) is 11.0 Å². The molecule has 1 amide bonds. The van der Waals surface area contributed by atoms with Crippen LogP contribution in [-0.2, 0) is 16.1 Å². The third kappa shape index (κ3) is 4.42. The lowest BCUT2D eigenvalue weighted by molar-refractivity contribution is -0.125. The van der Waals surface area contributed by atoms with Gasteiger partial charge in [-0.05, 0) is 37.3 Å². The number of alkyl halides is 1. The van der Waals surface area contributed by atoms with Gasteiger partial charge in [0.05, 0.1) is 6.54 Å². The molecule has 142 valence electrons. The average Bonchev–Trinajstić information content (AvgIpc) is 3.46. The van der Waals surface area contributed by atoms with E-state index in [-0.39, 0.29) is 48.2 Å². The van der Waals surface area contributed by atoms with E-state index in [0.717, 1.165) is 12.8 Å². The van der Waals surface area contributed by atoms with Crippen LogP contribution in [0.15, 0.2) is 40.7 Å². The maximum Gasteiger partial charge on any atom is 0.254 e. The molecular formula is C19H19ClFN3O3. The summed E-state index contributed by atoms with van der Waals surface area (Å²) in [5, 5.41) is 0.241. The van der Waals surface area contributed by atoms with Crippen molar-refractivity contribution in [3.05, 3.63) is 46.3 Å². The second-order valence-corrected chi connectivity index (χ2v) is 6.77. The summed E-state index contributed by atoms with van der Waals surface area (Å²) in [4.78, 5) is 34.5. The Balaban J connectivity index is 1.75. The molecule has 0 bridgehead atoms. The third-order valence-electron chi connectivity index (χ3n) is 4.34. The summed E-state index contributed by atoms with van der Waals surface area (Å²) >= 11 is 6.10. The number of ketones is 1. The van der Waals surface area contributed by atoms with Gasteiger partial charge in [-0.25, -0.2) is 9.37 Å². The largest absolute Gasteiger partial charge is 0.474 e. The number of hydrogen-bond donors (Lipinski definition) is 0. The molecule has 27 heavy (non-hydrogen) atoms. The number of hydrogen-bond acceptors (Lipinski definition) is 5. The Labute approximate surface area is 161 Å². The van der Waals surface area contributed by atoms with E-state index in [9.17, 15) is 14.0 Å². The van der Waals surface area contributed by atoms with Crippen molar-refractivity contribution >= 4 is 30.0 Å². The van der Waals surface area contributed by atoms with Gasteiger partial charge in [0.2, 0.25) is 5.88 Å². The zero-order valence-electron chi connectivity index (χ0n) is 14.7. The molecule has 1 aromatic heterocycles. The molecule has 8 heteroatoms. The fourth-order valence-electron chi connectivity index (χ4n) is 2.89. The molecule has 0 radical (unpaired) electrons. The summed E-state index contributed by atoms with van der Waals surface area (Å²) in [6.45, 7) is 3.08. The van der Waals surface area contributed by atoms with Crippen LogP contribution >= 0.6 is 11.6 Å². The Morgan fingerprint density at radius 3 is 2.93 bits per heavy atom. The zero-order chi connectivity index (χ0) is 19.4. The van der Waals surface area contributed by atoms with E-state index in [0.29, 0.717) is 16.7 Å². The van der Waals surface area contributed by atoms with E-state index in [1.165, 1.54) is 18.5 Å². The molecule has 1 aliphatic heterocycles. The van der Waals surface area contributed by atoms with Gasteiger partial charge in [-0.3, -0.25) is 14.6 Å². The SMILES string of the molecule is C=N/C=C\C1=C(C(=O)C2CC2)CN(Cc2cnc(OCCF)c(Cl)c2)C1=O. The summed E-state index contributed by atoms with van der Waals surface area (Å²) in [5.74, 6) is -0.0430. The van der Waals surface area contributed by atoms with Crippen LogP contribution in [0.3, 0.4) is 0 Å². The average molecular weight is 392 g/mol. The number of Topliss-reactive ketones (excluding diaryl/α,β-unsaturated/α-hetero) is 1. The number of rotatable bonds is 9. The molecule has 3 rings (SSSR count). The lowest BCUT2D eigenvalue weighted by Gasteiger charge is -2.17. The number of halogens is 2. The van der Waals surface area contributed by atoms with E-state index in [1.807, 2.05) is 0 Å². The van der Waals surface area contributed by atoms with Crippen LogP contribution in [0.1, 0.15) is 18.4 Å². The molecular weight excluding hydrogens is 373 g/mol. The smallest absolute Gasteiger partial charge is 0.254 e. The first-order chi connectivity index (χ1) is 13.0. The van der Waals surface area contributed by atoms with Gasteiger partial charge in [0.15, 0.2) is 5.78 Å². The van der Waals surface area contributed by atoms with Crippen molar-refractivity contribution in [3.63, 3.8) is 0 Å². The van der Waals surface area contributed by atoms with Crippen LogP contribution in [0.25, 0.3) is 0 Å². The molecule has 0 unspecified atom stereocenters. The molecule has 1 aromatic rings. The number of aliphatic imine (C=N–C) groups is 1. The maximum absolute atomic E-state index is 12.7. The topological polar surface area (TPSA) is 71.9 Å². The lowest BCUT2D eigenvalue weighted by Crippen LogP contribution is -2.27. The highest BCUT2D eigenvalue weighted by atomic mass is 35.5. The molecule has 1 saturated carbocycles. The Morgan fingerprint density at radius 1 is 1.52 bits per heavy atom. The molecule has 0 N–H and O–H groups in total. The zero-order valence-corrected chi connectivity index (χ0v) is 15.4. The van der Waals surface area contributed by atoms with Crippen molar-refractivity contribution in [1.82, 2.24) is 9.88 Å². The number of ether oxygens (including phenoxy) is 1. The van der Waals surface area contributed by atoms with Crippen molar-refractivity contribution in [3.8, 4) is 5.88 Å². The Kier molecular flexibility index (Phi) is 6.01. The molecule has 6 nitrogen and oxygen atoms in total. The molecule has 2 heterocycles. The summed E-state index contributed by atoms with van der Waals surface area (Å²) < 4.78 is 17.3. The van der Waals surface area contributed by atoms with Crippen molar-refractivity contribution in [2.75, 3.05) is 19.8 Å². The van der Waals surface area contributed by atoms with Gasteiger partial charge in [-0.2, -0.15) is 0 Å². The molecule has 1 aliphatic carbocycles. The fourth-order valence-corrected chi connectivity index (χ4v) is 3.13. The van der Waals surface area contributed by atoms with Gasteiger partial charge in [0.1, 0.15) is 18.3 Å². The number of nitrogens with zero attached hydrogens (tertiary/aromatic N) is 3.